The number of methoxy groups -OCH3 is 1. The lowest BCUT2D eigenvalue weighted by Crippen LogP contribution is -2.16. The van der Waals surface area contributed by atoms with Gasteiger partial charge < -0.3 is 4.74 Å². The van der Waals surface area contributed by atoms with Crippen molar-refractivity contribution in [3.8, 4) is 6.07 Å². The molecule has 1 aliphatic carbocycles. The molecule has 2 atom stereocenters. The zero-order chi connectivity index (χ0) is 9.73. The van der Waals surface area contributed by atoms with Gasteiger partial charge in [0.15, 0.2) is 0 Å². The van der Waals surface area contributed by atoms with Crippen molar-refractivity contribution in [1.82, 2.24) is 0 Å². The van der Waals surface area contributed by atoms with Crippen molar-refractivity contribution in [3.05, 3.63) is 0 Å². The molecule has 0 heterocycles. The van der Waals surface area contributed by atoms with Crippen LogP contribution in [0.15, 0.2) is 0 Å². The van der Waals surface area contributed by atoms with Gasteiger partial charge in [-0.3, -0.25) is 0 Å². The Bertz CT molecular complexity index is 197. The Hall–Kier alpha value is -0.550. The first-order valence-electron chi connectivity index (χ1n) is 5.16. The summed E-state index contributed by atoms with van der Waals surface area (Å²) in [4.78, 5) is 0. The third-order valence-corrected chi connectivity index (χ3v) is 3.31. The van der Waals surface area contributed by atoms with Crippen LogP contribution in [0.2, 0.25) is 0 Å². The molecule has 2 unspecified atom stereocenters. The predicted molar refractivity (Wildman–Crippen MR) is 52.2 cm³/mol. The standard InChI is InChI=1S/C11H19NO/c1-3-10-4-5-11(8-10,9-12)6-7-13-2/h10H,3-8H2,1-2H3. The molecule has 13 heavy (non-hydrogen) atoms. The second kappa shape index (κ2) is 4.62. The molecule has 0 aliphatic heterocycles. The summed E-state index contributed by atoms with van der Waals surface area (Å²) < 4.78 is 5.05. The van der Waals surface area contributed by atoms with E-state index in [1.165, 1.54) is 12.8 Å². The van der Waals surface area contributed by atoms with E-state index < -0.39 is 0 Å². The van der Waals surface area contributed by atoms with Gasteiger partial charge in [-0.2, -0.15) is 5.26 Å². The van der Waals surface area contributed by atoms with Crippen molar-refractivity contribution in [1.29, 1.82) is 5.26 Å². The number of hydrogen-bond acceptors (Lipinski definition) is 2. The Morgan fingerprint density at radius 3 is 2.85 bits per heavy atom. The smallest absolute Gasteiger partial charge is 0.0690 e. The predicted octanol–water partition coefficient (Wildman–Crippen LogP) is 2.74. The Kier molecular flexibility index (Phi) is 3.74. The van der Waals surface area contributed by atoms with E-state index in [1.54, 1.807) is 7.11 Å². The van der Waals surface area contributed by atoms with Gasteiger partial charge in [0.2, 0.25) is 0 Å². The number of nitriles is 1. The van der Waals surface area contributed by atoms with E-state index in [9.17, 15) is 0 Å². The Labute approximate surface area is 80.9 Å². The van der Waals surface area contributed by atoms with Gasteiger partial charge in [0.1, 0.15) is 0 Å². The molecular formula is C11H19NO. The van der Waals surface area contributed by atoms with E-state index in [-0.39, 0.29) is 5.41 Å². The molecule has 0 spiro atoms. The fourth-order valence-corrected chi connectivity index (χ4v) is 2.27. The maximum atomic E-state index is 9.15. The van der Waals surface area contributed by atoms with Crippen LogP contribution in [-0.2, 0) is 4.74 Å². The average molecular weight is 181 g/mol. The highest BCUT2D eigenvalue weighted by Gasteiger charge is 2.38. The lowest BCUT2D eigenvalue weighted by Gasteiger charge is -2.19. The van der Waals surface area contributed by atoms with Crippen molar-refractivity contribution in [3.63, 3.8) is 0 Å². The summed E-state index contributed by atoms with van der Waals surface area (Å²) in [6.45, 7) is 2.94. The van der Waals surface area contributed by atoms with Gasteiger partial charge in [-0.25, -0.2) is 0 Å². The highest BCUT2D eigenvalue weighted by Crippen LogP contribution is 2.44. The van der Waals surface area contributed by atoms with E-state index in [1.807, 2.05) is 0 Å². The summed E-state index contributed by atoms with van der Waals surface area (Å²) in [7, 11) is 1.71. The Balaban J connectivity index is 2.48. The Morgan fingerprint density at radius 2 is 2.38 bits per heavy atom. The largest absolute Gasteiger partial charge is 0.385 e. The topological polar surface area (TPSA) is 33.0 Å². The number of rotatable bonds is 4. The lowest BCUT2D eigenvalue weighted by molar-refractivity contribution is 0.159. The molecule has 74 valence electrons. The van der Waals surface area contributed by atoms with Gasteiger partial charge in [-0.1, -0.05) is 13.3 Å². The van der Waals surface area contributed by atoms with E-state index in [4.69, 9.17) is 10.00 Å². The first-order valence-corrected chi connectivity index (χ1v) is 5.16. The molecule has 0 aromatic heterocycles. The van der Waals surface area contributed by atoms with Gasteiger partial charge >= 0.3 is 0 Å². The van der Waals surface area contributed by atoms with Crippen LogP contribution in [0.1, 0.15) is 39.0 Å². The molecule has 1 rings (SSSR count). The maximum absolute atomic E-state index is 9.15. The average Bonchev–Trinajstić information content (AvgIpc) is 2.59. The second-order valence-electron chi connectivity index (χ2n) is 4.15. The molecule has 0 bridgehead atoms. The van der Waals surface area contributed by atoms with Gasteiger partial charge in [-0.05, 0) is 31.6 Å². The molecule has 0 amide bonds. The molecule has 0 aromatic rings. The number of ether oxygens (including phenoxy) is 1. The van der Waals surface area contributed by atoms with Crippen molar-refractivity contribution in [2.24, 2.45) is 11.3 Å². The quantitative estimate of drug-likeness (QED) is 0.668. The summed E-state index contributed by atoms with van der Waals surface area (Å²) >= 11 is 0. The van der Waals surface area contributed by atoms with E-state index in [0.29, 0.717) is 0 Å². The summed E-state index contributed by atoms with van der Waals surface area (Å²) in [6, 6.07) is 2.50. The van der Waals surface area contributed by atoms with Crippen LogP contribution in [0.3, 0.4) is 0 Å². The van der Waals surface area contributed by atoms with E-state index >= 15 is 0 Å². The number of hydrogen-bond donors (Lipinski definition) is 0. The van der Waals surface area contributed by atoms with Gasteiger partial charge in [0.25, 0.3) is 0 Å². The first kappa shape index (κ1) is 10.5. The molecule has 0 aromatic carbocycles. The molecule has 0 N–H and O–H groups in total. The molecule has 0 radical (unpaired) electrons. The fourth-order valence-electron chi connectivity index (χ4n) is 2.27. The van der Waals surface area contributed by atoms with Crippen LogP contribution in [0.5, 0.6) is 0 Å². The van der Waals surface area contributed by atoms with Crippen LogP contribution >= 0.6 is 0 Å². The third kappa shape index (κ3) is 2.45. The molecule has 1 aliphatic rings. The zero-order valence-electron chi connectivity index (χ0n) is 8.68. The third-order valence-electron chi connectivity index (χ3n) is 3.31. The summed E-state index contributed by atoms with van der Waals surface area (Å²) in [6.07, 6.45) is 5.52. The van der Waals surface area contributed by atoms with Gasteiger partial charge in [0.05, 0.1) is 11.5 Å². The monoisotopic (exact) mass is 181 g/mol. The van der Waals surface area contributed by atoms with Crippen LogP contribution in [0, 0.1) is 22.7 Å². The van der Waals surface area contributed by atoms with Crippen molar-refractivity contribution in [2.45, 2.75) is 39.0 Å². The van der Waals surface area contributed by atoms with Crippen molar-refractivity contribution in [2.75, 3.05) is 13.7 Å². The molecule has 1 saturated carbocycles. The summed E-state index contributed by atoms with van der Waals surface area (Å²) in [5.74, 6) is 0.775. The molecular weight excluding hydrogens is 162 g/mol. The molecule has 1 fully saturated rings. The highest BCUT2D eigenvalue weighted by molar-refractivity contribution is 5.03. The van der Waals surface area contributed by atoms with Crippen LogP contribution in [0.4, 0.5) is 0 Å². The minimum Gasteiger partial charge on any atom is -0.385 e. The van der Waals surface area contributed by atoms with Crippen molar-refractivity contribution < 1.29 is 4.74 Å². The van der Waals surface area contributed by atoms with Crippen LogP contribution < -0.4 is 0 Å². The lowest BCUT2D eigenvalue weighted by atomic mass is 9.83. The van der Waals surface area contributed by atoms with Gasteiger partial charge in [0, 0.05) is 13.7 Å². The Morgan fingerprint density at radius 1 is 1.62 bits per heavy atom. The van der Waals surface area contributed by atoms with Crippen molar-refractivity contribution >= 4 is 0 Å². The zero-order valence-corrected chi connectivity index (χ0v) is 8.68. The SMILES string of the molecule is CCC1CCC(C#N)(CCOC)C1. The minimum absolute atomic E-state index is 0.0588. The summed E-state index contributed by atoms with van der Waals surface area (Å²) in [5.41, 5.74) is -0.0588. The van der Waals surface area contributed by atoms with Crippen LogP contribution in [0.25, 0.3) is 0 Å². The molecule has 2 heteroatoms. The highest BCUT2D eigenvalue weighted by atomic mass is 16.5. The molecule has 2 nitrogen and oxygen atoms in total. The minimum atomic E-state index is -0.0588. The maximum Gasteiger partial charge on any atom is 0.0690 e. The van der Waals surface area contributed by atoms with E-state index in [2.05, 4.69) is 13.0 Å². The fraction of sp³-hybridized carbons (Fsp3) is 0.909. The van der Waals surface area contributed by atoms with Crippen LogP contribution in [-0.4, -0.2) is 13.7 Å². The second-order valence-corrected chi connectivity index (χ2v) is 4.15. The summed E-state index contributed by atoms with van der Waals surface area (Å²) in [5, 5.41) is 9.15. The first-order chi connectivity index (χ1) is 6.26. The number of nitrogens with zero attached hydrogens (tertiary/aromatic N) is 1. The molecule has 0 saturated heterocycles. The normalized spacial score (nSPS) is 33.2. The van der Waals surface area contributed by atoms with E-state index in [0.717, 1.165) is 31.8 Å². The van der Waals surface area contributed by atoms with Gasteiger partial charge in [-0.15, -0.1) is 0 Å².